The largest absolute Gasteiger partial charge is 2.00 e. The van der Waals surface area contributed by atoms with Crippen LogP contribution >= 0.6 is 0 Å². The zero-order valence-corrected chi connectivity index (χ0v) is 18.7. The first-order valence-electron chi connectivity index (χ1n) is 8.18. The quantitative estimate of drug-likeness (QED) is 0.305. The van der Waals surface area contributed by atoms with Crippen molar-refractivity contribution < 1.29 is 74.8 Å². The van der Waals surface area contributed by atoms with E-state index < -0.39 is 20.5 Å². The van der Waals surface area contributed by atoms with Crippen molar-refractivity contribution in [3.05, 3.63) is 0 Å². The topological polar surface area (TPSA) is 206 Å². The van der Waals surface area contributed by atoms with Crippen molar-refractivity contribution >= 4 is 0 Å². The van der Waals surface area contributed by atoms with Gasteiger partial charge in [-0.2, -0.15) is 0 Å². The molecule has 0 aromatic heterocycles. The van der Waals surface area contributed by atoms with Crippen molar-refractivity contribution in [3.8, 4) is 0 Å². The molecule has 0 amide bonds. The molecule has 0 aromatic rings. The summed E-state index contributed by atoms with van der Waals surface area (Å²) in [4.78, 5) is 7.32. The Hall–Kier alpha value is 0.619. The third kappa shape index (κ3) is 41.1. The molecule has 175 valence electrons. The minimum absolute atomic E-state index is 0. The summed E-state index contributed by atoms with van der Waals surface area (Å²) in [6.45, 7) is 9.44. The van der Waals surface area contributed by atoms with Gasteiger partial charge in [-0.3, -0.25) is 0 Å². The third-order valence-corrected chi connectivity index (χ3v) is 3.51. The number of likely N-dealkylation sites (N-methyl/N-ethyl adjacent to an activating group) is 3. The van der Waals surface area contributed by atoms with Gasteiger partial charge in [-0.05, 0) is 60.2 Å². The summed E-state index contributed by atoms with van der Waals surface area (Å²) in [6.07, 6.45) is 2.53. The van der Waals surface area contributed by atoms with Crippen LogP contribution in [-0.4, -0.2) is 88.2 Å². The molecule has 1 N–H and O–H groups in total. The van der Waals surface area contributed by atoms with E-state index in [1.54, 1.807) is 0 Å². The maximum absolute atomic E-state index is 8.49. The summed E-state index contributed by atoms with van der Waals surface area (Å²) < 4.78 is 67.9. The predicted molar refractivity (Wildman–Crippen MR) is 74.6 cm³/mol. The molecule has 15 heteroatoms. The zero-order chi connectivity index (χ0) is 21.5. The van der Waals surface area contributed by atoms with Gasteiger partial charge in [0.15, 0.2) is 0 Å². The Morgan fingerprint density at radius 3 is 1.25 bits per heavy atom. The van der Waals surface area contributed by atoms with Crippen LogP contribution in [0.15, 0.2) is 0 Å². The normalized spacial score (nSPS) is 19.8. The number of hydrogen-bond acceptors (Lipinski definition) is 12. The molecule has 1 saturated heterocycles. The SMILES string of the molecule is CN1CCCN(C)CCN(C)CCCNCC1.[Cu+2].[O-][Cl+3]([O-])([O-])[O-].[O-][Cl+3]([O-])([O-])[O-]. The molecule has 1 radical (unpaired) electrons. The van der Waals surface area contributed by atoms with Gasteiger partial charge in [-0.1, -0.05) is 0 Å². The molecule has 0 spiro atoms. The Morgan fingerprint density at radius 1 is 0.536 bits per heavy atom. The van der Waals surface area contributed by atoms with Gasteiger partial charge >= 0.3 is 17.1 Å². The number of nitrogens with one attached hydrogen (secondary N) is 1. The van der Waals surface area contributed by atoms with Crippen molar-refractivity contribution in [1.29, 1.82) is 0 Å². The molecular weight excluding hydrogens is 475 g/mol. The van der Waals surface area contributed by atoms with Gasteiger partial charge in [0.25, 0.3) is 0 Å². The Labute approximate surface area is 181 Å². The van der Waals surface area contributed by atoms with E-state index in [0.29, 0.717) is 0 Å². The molecule has 0 aromatic carbocycles. The number of rotatable bonds is 0. The smallest absolute Gasteiger partial charge is 0.315 e. The van der Waals surface area contributed by atoms with E-state index in [1.807, 2.05) is 0 Å². The van der Waals surface area contributed by atoms with Gasteiger partial charge < -0.3 is 20.0 Å². The molecule has 0 unspecified atom stereocenters. The van der Waals surface area contributed by atoms with E-state index in [0.717, 1.165) is 13.1 Å². The first-order chi connectivity index (χ1) is 12.2. The standard InChI is InChI=1S/C13H30N4.2ClHO4.Cu/c1-15-9-5-10-17(3)13-12-16(2)8-4-6-14-7-11-15;2*2-1(3,4)5;/h14H,4-13H2,1-3H3;2*(H,2,3,4,5);/q;;;+2/p-2. The van der Waals surface area contributed by atoms with E-state index >= 15 is 0 Å². The van der Waals surface area contributed by atoms with Crippen molar-refractivity contribution in [2.24, 2.45) is 0 Å². The van der Waals surface area contributed by atoms with Crippen LogP contribution in [0.25, 0.3) is 0 Å². The van der Waals surface area contributed by atoms with Gasteiger partial charge in [0.05, 0.1) is 0 Å². The van der Waals surface area contributed by atoms with Crippen LogP contribution in [0, 0.1) is 20.5 Å². The van der Waals surface area contributed by atoms with Crippen LogP contribution in [0.3, 0.4) is 0 Å². The Balaban J connectivity index is -0.000000473. The Kier molecular flexibility index (Phi) is 21.9. The second kappa shape index (κ2) is 18.4. The van der Waals surface area contributed by atoms with Gasteiger partial charge in [0.2, 0.25) is 0 Å². The van der Waals surface area contributed by atoms with Gasteiger partial charge in [-0.15, -0.1) is 20.5 Å². The number of nitrogens with zero attached hydrogens (tertiary/aromatic N) is 3. The monoisotopic (exact) mass is 503 g/mol. The fourth-order valence-corrected chi connectivity index (χ4v) is 2.16. The fourth-order valence-electron chi connectivity index (χ4n) is 2.16. The fraction of sp³-hybridized carbons (Fsp3) is 1.00. The first kappa shape index (κ1) is 33.3. The average Bonchev–Trinajstić information content (AvgIpc) is 2.44. The van der Waals surface area contributed by atoms with E-state index in [1.165, 1.54) is 52.1 Å². The molecule has 1 rings (SSSR count). The summed E-state index contributed by atoms with van der Waals surface area (Å²) >= 11 is 0. The summed E-state index contributed by atoms with van der Waals surface area (Å²) in [7, 11) is -3.20. The minimum atomic E-state index is -4.94. The second-order valence-electron chi connectivity index (χ2n) is 6.12. The minimum Gasteiger partial charge on any atom is -0.315 e. The Morgan fingerprint density at radius 2 is 0.857 bits per heavy atom. The van der Waals surface area contributed by atoms with E-state index in [2.05, 4.69) is 41.2 Å². The molecule has 0 bridgehead atoms. The summed E-state index contributed by atoms with van der Waals surface area (Å²) in [5.41, 5.74) is 0. The van der Waals surface area contributed by atoms with Crippen LogP contribution in [0.4, 0.5) is 0 Å². The molecule has 0 saturated carbocycles. The average molecular weight is 505 g/mol. The predicted octanol–water partition coefficient (Wildman–Crippen LogP) is -9.35. The van der Waals surface area contributed by atoms with Crippen molar-refractivity contribution in [1.82, 2.24) is 20.0 Å². The van der Waals surface area contributed by atoms with Gasteiger partial charge in [-0.25, -0.2) is 37.3 Å². The molecule has 1 heterocycles. The molecule has 1 aliphatic heterocycles. The van der Waals surface area contributed by atoms with Gasteiger partial charge in [0, 0.05) is 26.2 Å². The van der Waals surface area contributed by atoms with Crippen molar-refractivity contribution in [3.63, 3.8) is 0 Å². The van der Waals surface area contributed by atoms with Crippen LogP contribution in [-0.2, 0) is 17.1 Å². The molecule has 12 nitrogen and oxygen atoms in total. The molecule has 1 fully saturated rings. The maximum atomic E-state index is 8.49. The zero-order valence-electron chi connectivity index (χ0n) is 16.2. The first-order valence-corrected chi connectivity index (χ1v) is 10.6. The van der Waals surface area contributed by atoms with E-state index in [-0.39, 0.29) is 17.1 Å². The van der Waals surface area contributed by atoms with Crippen molar-refractivity contribution in [2.75, 3.05) is 73.5 Å². The third-order valence-electron chi connectivity index (χ3n) is 3.51. The van der Waals surface area contributed by atoms with Crippen LogP contribution < -0.4 is 42.6 Å². The second-order valence-corrected chi connectivity index (χ2v) is 7.63. The molecule has 0 aliphatic carbocycles. The summed E-state index contributed by atoms with van der Waals surface area (Å²) in [6, 6.07) is 0. The Bertz CT molecular complexity index is 329. The summed E-state index contributed by atoms with van der Waals surface area (Å²) in [5, 5.41) is 3.52. The number of halogens is 2. The molecule has 0 atom stereocenters. The molecule has 28 heavy (non-hydrogen) atoms. The van der Waals surface area contributed by atoms with Crippen LogP contribution in [0.5, 0.6) is 0 Å². The van der Waals surface area contributed by atoms with E-state index in [9.17, 15) is 0 Å². The van der Waals surface area contributed by atoms with Crippen LogP contribution in [0.2, 0.25) is 0 Å². The van der Waals surface area contributed by atoms with Crippen LogP contribution in [0.1, 0.15) is 12.8 Å². The maximum Gasteiger partial charge on any atom is 2.00 e. The summed E-state index contributed by atoms with van der Waals surface area (Å²) in [5.74, 6) is 0. The van der Waals surface area contributed by atoms with Gasteiger partial charge in [0.1, 0.15) is 0 Å². The van der Waals surface area contributed by atoms with E-state index in [4.69, 9.17) is 37.3 Å². The molecule has 1 aliphatic rings. The van der Waals surface area contributed by atoms with Crippen molar-refractivity contribution in [2.45, 2.75) is 12.8 Å². The number of hydrogen-bond donors (Lipinski definition) is 1. The molecular formula is C13H30Cl2CuN4O8.